The fourth-order valence-corrected chi connectivity index (χ4v) is 1.96. The van der Waals surface area contributed by atoms with Crippen molar-refractivity contribution < 1.29 is 9.90 Å². The van der Waals surface area contributed by atoms with Gasteiger partial charge in [-0.2, -0.15) is 0 Å². The van der Waals surface area contributed by atoms with E-state index in [0.29, 0.717) is 12.0 Å². The van der Waals surface area contributed by atoms with Crippen molar-refractivity contribution in [2.75, 3.05) is 13.2 Å². The van der Waals surface area contributed by atoms with Gasteiger partial charge in [-0.05, 0) is 12.5 Å². The number of unbranched alkanes of at least 4 members (excludes halogenated alkanes) is 1. The largest absolute Gasteiger partial charge is 0.395 e. The van der Waals surface area contributed by atoms with Gasteiger partial charge >= 0.3 is 0 Å². The summed E-state index contributed by atoms with van der Waals surface area (Å²) in [7, 11) is 0. The first kappa shape index (κ1) is 13.8. The van der Waals surface area contributed by atoms with Gasteiger partial charge in [-0.3, -0.25) is 4.79 Å². The average Bonchev–Trinajstić information content (AvgIpc) is 2.78. The summed E-state index contributed by atoms with van der Waals surface area (Å²) < 4.78 is 0. The second-order valence-electron chi connectivity index (χ2n) is 3.58. The highest BCUT2D eigenvalue weighted by molar-refractivity contribution is 7.10. The first-order chi connectivity index (χ1) is 8.27. The number of hydrogen-bond donors (Lipinski definition) is 2. The molecule has 0 atom stereocenters. The molecule has 1 rings (SSSR count). The predicted octanol–water partition coefficient (Wildman–Crippen LogP) is 2.01. The van der Waals surface area contributed by atoms with E-state index >= 15 is 0 Å². The third-order valence-electron chi connectivity index (χ3n) is 2.13. The number of amides is 1. The first-order valence-electron chi connectivity index (χ1n) is 5.74. The van der Waals surface area contributed by atoms with Crippen molar-refractivity contribution in [3.63, 3.8) is 0 Å². The number of rotatable bonds is 5. The van der Waals surface area contributed by atoms with E-state index in [2.05, 4.69) is 24.1 Å². The van der Waals surface area contributed by atoms with Gasteiger partial charge in [0.05, 0.1) is 17.0 Å². The van der Waals surface area contributed by atoms with Gasteiger partial charge in [0.15, 0.2) is 0 Å². The van der Waals surface area contributed by atoms with Crippen molar-refractivity contribution >= 4 is 17.2 Å². The van der Waals surface area contributed by atoms with Crippen molar-refractivity contribution in [3.8, 4) is 11.8 Å². The molecule has 1 aromatic rings. The first-order valence-corrected chi connectivity index (χ1v) is 6.62. The van der Waals surface area contributed by atoms with Gasteiger partial charge in [-0.25, -0.2) is 0 Å². The fraction of sp³-hybridized carbons (Fsp3) is 0.462. The summed E-state index contributed by atoms with van der Waals surface area (Å²) >= 11 is 1.45. The van der Waals surface area contributed by atoms with Gasteiger partial charge in [0.2, 0.25) is 0 Å². The molecule has 1 heterocycles. The summed E-state index contributed by atoms with van der Waals surface area (Å²) in [6.45, 7) is 2.88. The minimum absolute atomic E-state index is 0.0371. The number of aliphatic hydroxyl groups excluding tert-OH is 1. The van der Waals surface area contributed by atoms with E-state index in [1.54, 1.807) is 6.07 Å². The summed E-state index contributed by atoms with van der Waals surface area (Å²) in [6, 6.07) is 1.79. The molecule has 0 spiro atoms. The smallest absolute Gasteiger partial charge is 0.252 e. The lowest BCUT2D eigenvalue weighted by molar-refractivity contribution is 0.0953. The molecule has 0 saturated heterocycles. The van der Waals surface area contributed by atoms with E-state index in [1.165, 1.54) is 11.3 Å². The van der Waals surface area contributed by atoms with Crippen LogP contribution in [0.1, 0.15) is 41.4 Å². The van der Waals surface area contributed by atoms with E-state index in [4.69, 9.17) is 5.11 Å². The van der Waals surface area contributed by atoms with Crippen LogP contribution in [0.15, 0.2) is 11.4 Å². The molecule has 0 aromatic carbocycles. The minimum Gasteiger partial charge on any atom is -0.395 e. The number of carbonyl (C=O) groups excluding carboxylic acids is 1. The van der Waals surface area contributed by atoms with Gasteiger partial charge in [0.1, 0.15) is 0 Å². The normalized spacial score (nSPS) is 9.53. The quantitative estimate of drug-likeness (QED) is 0.621. The zero-order valence-electron chi connectivity index (χ0n) is 9.95. The zero-order chi connectivity index (χ0) is 12.5. The van der Waals surface area contributed by atoms with E-state index in [-0.39, 0.29) is 12.5 Å². The molecular weight excluding hydrogens is 234 g/mol. The van der Waals surface area contributed by atoms with Crippen LogP contribution in [0.4, 0.5) is 0 Å². The Morgan fingerprint density at radius 1 is 1.59 bits per heavy atom. The van der Waals surface area contributed by atoms with Crippen molar-refractivity contribution in [1.29, 1.82) is 0 Å². The molecule has 0 aliphatic carbocycles. The van der Waals surface area contributed by atoms with Crippen LogP contribution in [0, 0.1) is 11.8 Å². The van der Waals surface area contributed by atoms with Crippen LogP contribution >= 0.6 is 11.3 Å². The molecule has 17 heavy (non-hydrogen) atoms. The van der Waals surface area contributed by atoms with Crippen molar-refractivity contribution in [2.45, 2.75) is 26.2 Å². The second-order valence-corrected chi connectivity index (χ2v) is 4.50. The summed E-state index contributed by atoms with van der Waals surface area (Å²) in [6.07, 6.45) is 2.54. The molecule has 4 heteroatoms. The molecule has 1 amide bonds. The zero-order valence-corrected chi connectivity index (χ0v) is 10.8. The second kappa shape index (κ2) is 7.88. The molecule has 0 radical (unpaired) electrons. The monoisotopic (exact) mass is 251 g/mol. The van der Waals surface area contributed by atoms with Gasteiger partial charge in [-0.1, -0.05) is 25.2 Å². The van der Waals surface area contributed by atoms with Gasteiger partial charge in [0, 0.05) is 18.3 Å². The Bertz CT molecular complexity index is 415. The molecule has 0 unspecified atom stereocenters. The molecule has 0 aliphatic rings. The fourth-order valence-electron chi connectivity index (χ4n) is 1.21. The third kappa shape index (κ3) is 5.03. The summed E-state index contributed by atoms with van der Waals surface area (Å²) in [5, 5.41) is 13.3. The Kier molecular flexibility index (Phi) is 6.38. The van der Waals surface area contributed by atoms with E-state index in [9.17, 15) is 4.79 Å². The Balaban J connectivity index is 2.50. The summed E-state index contributed by atoms with van der Waals surface area (Å²) in [5.74, 6) is 5.71. The molecule has 2 N–H and O–H groups in total. The minimum atomic E-state index is -0.0371. The highest BCUT2D eigenvalue weighted by Crippen LogP contribution is 2.13. The van der Waals surface area contributed by atoms with E-state index in [0.717, 1.165) is 24.3 Å². The van der Waals surface area contributed by atoms with Crippen LogP contribution in [-0.2, 0) is 0 Å². The lowest BCUT2D eigenvalue weighted by atomic mass is 10.2. The van der Waals surface area contributed by atoms with Crippen LogP contribution in [0.2, 0.25) is 0 Å². The number of aliphatic hydroxyl groups is 1. The van der Waals surface area contributed by atoms with Gasteiger partial charge in [0.25, 0.3) is 5.91 Å². The molecule has 92 valence electrons. The van der Waals surface area contributed by atoms with E-state index in [1.807, 2.05) is 5.38 Å². The van der Waals surface area contributed by atoms with Crippen LogP contribution in [0.5, 0.6) is 0 Å². The molecule has 0 aliphatic heterocycles. The van der Waals surface area contributed by atoms with Crippen LogP contribution in [-0.4, -0.2) is 24.2 Å². The van der Waals surface area contributed by atoms with Crippen LogP contribution < -0.4 is 5.32 Å². The summed E-state index contributed by atoms with van der Waals surface area (Å²) in [5.41, 5.74) is 0.666. The SMILES string of the molecule is CCCCNC(=O)c1csc(C#CCCO)c1. The number of nitrogens with one attached hydrogen (secondary N) is 1. The Labute approximate surface area is 106 Å². The van der Waals surface area contributed by atoms with Gasteiger partial charge in [-0.15, -0.1) is 11.3 Å². The molecular formula is C13H17NO2S. The lowest BCUT2D eigenvalue weighted by Crippen LogP contribution is -2.23. The van der Waals surface area contributed by atoms with Gasteiger partial charge < -0.3 is 10.4 Å². The van der Waals surface area contributed by atoms with Crippen LogP contribution in [0.25, 0.3) is 0 Å². The van der Waals surface area contributed by atoms with Crippen molar-refractivity contribution in [1.82, 2.24) is 5.32 Å². The highest BCUT2D eigenvalue weighted by atomic mass is 32.1. The van der Waals surface area contributed by atoms with E-state index < -0.39 is 0 Å². The highest BCUT2D eigenvalue weighted by Gasteiger charge is 2.06. The molecule has 0 saturated carbocycles. The molecule has 3 nitrogen and oxygen atoms in total. The maximum Gasteiger partial charge on any atom is 0.252 e. The molecule has 0 bridgehead atoms. The Morgan fingerprint density at radius 2 is 2.41 bits per heavy atom. The Hall–Kier alpha value is -1.31. The predicted molar refractivity (Wildman–Crippen MR) is 70.1 cm³/mol. The standard InChI is InChI=1S/C13H17NO2S/c1-2-3-7-14-13(16)11-9-12(17-10-11)6-4-5-8-15/h9-10,15H,2-3,5,7-8H2,1H3,(H,14,16). The third-order valence-corrected chi connectivity index (χ3v) is 2.97. The number of thiophene rings is 1. The molecule has 0 fully saturated rings. The average molecular weight is 251 g/mol. The van der Waals surface area contributed by atoms with Crippen LogP contribution in [0.3, 0.4) is 0 Å². The number of hydrogen-bond acceptors (Lipinski definition) is 3. The Morgan fingerprint density at radius 3 is 3.12 bits per heavy atom. The molecule has 1 aromatic heterocycles. The van der Waals surface area contributed by atoms with Crippen molar-refractivity contribution in [3.05, 3.63) is 21.9 Å². The maximum atomic E-state index is 11.7. The summed E-state index contributed by atoms with van der Waals surface area (Å²) in [4.78, 5) is 12.5. The topological polar surface area (TPSA) is 49.3 Å². The number of carbonyl (C=O) groups is 1. The van der Waals surface area contributed by atoms with Crippen molar-refractivity contribution in [2.24, 2.45) is 0 Å². The maximum absolute atomic E-state index is 11.7. The lowest BCUT2D eigenvalue weighted by Gasteiger charge is -2.00.